The molecule has 0 saturated heterocycles. The van der Waals surface area contributed by atoms with Gasteiger partial charge in [0.25, 0.3) is 0 Å². The van der Waals surface area contributed by atoms with Crippen molar-refractivity contribution in [1.29, 1.82) is 0 Å². The van der Waals surface area contributed by atoms with Gasteiger partial charge in [-0.2, -0.15) is 23.1 Å². The smallest absolute Gasteiger partial charge is 0.191 e. The van der Waals surface area contributed by atoms with Crippen molar-refractivity contribution in [3.63, 3.8) is 0 Å². The van der Waals surface area contributed by atoms with Gasteiger partial charge in [-0.05, 0) is 53.8 Å². The van der Waals surface area contributed by atoms with Gasteiger partial charge in [-0.3, -0.25) is 4.99 Å². The quantitative estimate of drug-likeness (QED) is 0.647. The van der Waals surface area contributed by atoms with E-state index in [-0.39, 0.29) is 0 Å². The van der Waals surface area contributed by atoms with Crippen LogP contribution in [0.5, 0.6) is 0 Å². The van der Waals surface area contributed by atoms with E-state index >= 15 is 0 Å². The fraction of sp³-hybridized carbons (Fsp3) is 0.667. The molecule has 1 saturated carbocycles. The molecule has 0 aliphatic heterocycles. The van der Waals surface area contributed by atoms with Gasteiger partial charge in [0, 0.05) is 24.9 Å². The minimum absolute atomic E-state index is 0.516. The van der Waals surface area contributed by atoms with E-state index in [0.717, 1.165) is 17.8 Å². The highest BCUT2D eigenvalue weighted by atomic mass is 32.2. The molecule has 1 aromatic rings. The SMILES string of the molecule is CN=C(NCC(C)c1ccsc1)NC1CCC(SC)C1. The number of guanidine groups is 1. The summed E-state index contributed by atoms with van der Waals surface area (Å²) in [5.41, 5.74) is 1.40. The molecule has 1 aliphatic carbocycles. The van der Waals surface area contributed by atoms with E-state index in [1.165, 1.54) is 24.8 Å². The van der Waals surface area contributed by atoms with E-state index < -0.39 is 0 Å². The summed E-state index contributed by atoms with van der Waals surface area (Å²) in [5, 5.41) is 12.2. The lowest BCUT2D eigenvalue weighted by molar-refractivity contribution is 0.606. The van der Waals surface area contributed by atoms with Crippen LogP contribution in [0.2, 0.25) is 0 Å². The second-order valence-electron chi connectivity index (χ2n) is 5.42. The topological polar surface area (TPSA) is 36.4 Å². The van der Waals surface area contributed by atoms with Gasteiger partial charge < -0.3 is 10.6 Å². The molecule has 3 nitrogen and oxygen atoms in total. The lowest BCUT2D eigenvalue weighted by Crippen LogP contribution is -2.43. The molecule has 2 N–H and O–H groups in total. The highest BCUT2D eigenvalue weighted by molar-refractivity contribution is 7.99. The number of aliphatic imine (C=N–C) groups is 1. The summed E-state index contributed by atoms with van der Waals surface area (Å²) in [4.78, 5) is 4.35. The molecule has 2 rings (SSSR count). The molecule has 0 bridgehead atoms. The van der Waals surface area contributed by atoms with Gasteiger partial charge in [0.1, 0.15) is 0 Å². The van der Waals surface area contributed by atoms with Crippen molar-refractivity contribution in [1.82, 2.24) is 10.6 Å². The molecule has 3 unspecified atom stereocenters. The zero-order valence-corrected chi connectivity index (χ0v) is 14.2. The number of thiophene rings is 1. The molecule has 0 aromatic carbocycles. The summed E-state index contributed by atoms with van der Waals surface area (Å²) in [6, 6.07) is 2.78. The standard InChI is InChI=1S/C15H25N3S2/c1-11(12-6-7-20-10-12)9-17-15(16-2)18-13-4-5-14(8-13)19-3/h6-7,10-11,13-14H,4-5,8-9H2,1-3H3,(H2,16,17,18). The highest BCUT2D eigenvalue weighted by Crippen LogP contribution is 2.28. The molecule has 1 aliphatic rings. The van der Waals surface area contributed by atoms with Crippen LogP contribution in [0.3, 0.4) is 0 Å². The first-order chi connectivity index (χ1) is 9.72. The van der Waals surface area contributed by atoms with E-state index in [2.05, 4.69) is 45.6 Å². The van der Waals surface area contributed by atoms with Crippen LogP contribution < -0.4 is 10.6 Å². The van der Waals surface area contributed by atoms with Crippen LogP contribution in [0.4, 0.5) is 0 Å². The van der Waals surface area contributed by atoms with Crippen molar-refractivity contribution in [3.8, 4) is 0 Å². The Balaban J connectivity index is 1.76. The van der Waals surface area contributed by atoms with Crippen LogP contribution in [0.15, 0.2) is 21.8 Å². The second kappa shape index (κ2) is 7.93. The monoisotopic (exact) mass is 311 g/mol. The maximum atomic E-state index is 4.35. The van der Waals surface area contributed by atoms with Gasteiger partial charge in [-0.1, -0.05) is 6.92 Å². The van der Waals surface area contributed by atoms with E-state index in [4.69, 9.17) is 0 Å². The Hall–Kier alpha value is -0.680. The molecule has 1 aromatic heterocycles. The molecular weight excluding hydrogens is 286 g/mol. The predicted octanol–water partition coefficient (Wildman–Crippen LogP) is 3.30. The summed E-state index contributed by atoms with van der Waals surface area (Å²) >= 11 is 3.75. The zero-order valence-electron chi connectivity index (χ0n) is 12.6. The van der Waals surface area contributed by atoms with Gasteiger partial charge in [0.15, 0.2) is 5.96 Å². The first-order valence-electron chi connectivity index (χ1n) is 7.25. The van der Waals surface area contributed by atoms with Gasteiger partial charge in [0.05, 0.1) is 0 Å². The fourth-order valence-electron chi connectivity index (χ4n) is 2.60. The second-order valence-corrected chi connectivity index (χ2v) is 7.34. The third-order valence-corrected chi connectivity index (χ3v) is 5.77. The van der Waals surface area contributed by atoms with Crippen molar-refractivity contribution in [2.24, 2.45) is 4.99 Å². The summed E-state index contributed by atoms with van der Waals surface area (Å²) in [6.07, 6.45) is 6.04. The minimum Gasteiger partial charge on any atom is -0.356 e. The van der Waals surface area contributed by atoms with E-state index in [9.17, 15) is 0 Å². The van der Waals surface area contributed by atoms with Crippen molar-refractivity contribution < 1.29 is 0 Å². The maximum Gasteiger partial charge on any atom is 0.191 e. The van der Waals surface area contributed by atoms with Crippen molar-refractivity contribution in [3.05, 3.63) is 22.4 Å². The van der Waals surface area contributed by atoms with Crippen LogP contribution in [0.25, 0.3) is 0 Å². The van der Waals surface area contributed by atoms with Crippen LogP contribution in [0, 0.1) is 0 Å². The maximum absolute atomic E-state index is 4.35. The van der Waals surface area contributed by atoms with Crippen molar-refractivity contribution >= 4 is 29.1 Å². The first kappa shape index (κ1) is 15.7. The third kappa shape index (κ3) is 4.42. The Kier molecular flexibility index (Phi) is 6.23. The molecule has 0 radical (unpaired) electrons. The predicted molar refractivity (Wildman–Crippen MR) is 92.2 cm³/mol. The van der Waals surface area contributed by atoms with Crippen molar-refractivity contribution in [2.75, 3.05) is 19.8 Å². The first-order valence-corrected chi connectivity index (χ1v) is 9.48. The molecule has 3 atom stereocenters. The number of nitrogens with one attached hydrogen (secondary N) is 2. The number of rotatable bonds is 5. The summed E-state index contributed by atoms with van der Waals surface area (Å²) < 4.78 is 0. The van der Waals surface area contributed by atoms with Crippen LogP contribution in [-0.2, 0) is 0 Å². The van der Waals surface area contributed by atoms with Gasteiger partial charge in [0.2, 0.25) is 0 Å². The Bertz CT molecular complexity index is 417. The van der Waals surface area contributed by atoms with E-state index in [1.54, 1.807) is 11.3 Å². The minimum atomic E-state index is 0.516. The molecule has 20 heavy (non-hydrogen) atoms. The van der Waals surface area contributed by atoms with Crippen LogP contribution in [0.1, 0.15) is 37.7 Å². The lowest BCUT2D eigenvalue weighted by atomic mass is 10.1. The number of nitrogens with zero attached hydrogens (tertiary/aromatic N) is 1. The average Bonchev–Trinajstić information content (AvgIpc) is 3.13. The van der Waals surface area contributed by atoms with E-state index in [1.807, 2.05) is 18.8 Å². The lowest BCUT2D eigenvalue weighted by Gasteiger charge is -2.19. The average molecular weight is 312 g/mol. The number of thioether (sulfide) groups is 1. The molecule has 0 amide bonds. The van der Waals surface area contributed by atoms with Crippen molar-refractivity contribution in [2.45, 2.75) is 43.4 Å². The van der Waals surface area contributed by atoms with Gasteiger partial charge >= 0.3 is 0 Å². The molecule has 0 spiro atoms. The zero-order chi connectivity index (χ0) is 14.4. The van der Waals surface area contributed by atoms with Crippen LogP contribution >= 0.6 is 23.1 Å². The van der Waals surface area contributed by atoms with E-state index in [0.29, 0.717) is 12.0 Å². The third-order valence-electron chi connectivity index (χ3n) is 3.97. The Morgan fingerprint density at radius 3 is 3.00 bits per heavy atom. The van der Waals surface area contributed by atoms with Gasteiger partial charge in [-0.25, -0.2) is 0 Å². The summed E-state index contributed by atoms with van der Waals surface area (Å²) in [5.74, 6) is 1.46. The Morgan fingerprint density at radius 1 is 1.55 bits per heavy atom. The largest absolute Gasteiger partial charge is 0.356 e. The van der Waals surface area contributed by atoms with Gasteiger partial charge in [-0.15, -0.1) is 0 Å². The molecular formula is C15H25N3S2. The Morgan fingerprint density at radius 2 is 2.40 bits per heavy atom. The molecule has 1 heterocycles. The number of hydrogen-bond acceptors (Lipinski definition) is 3. The fourth-order valence-corrected chi connectivity index (χ4v) is 4.18. The summed E-state index contributed by atoms with van der Waals surface area (Å²) in [7, 11) is 1.85. The molecule has 112 valence electrons. The highest BCUT2D eigenvalue weighted by Gasteiger charge is 2.24. The Labute approximate surface area is 130 Å². The summed E-state index contributed by atoms with van der Waals surface area (Å²) in [6.45, 7) is 3.18. The normalized spacial score (nSPS) is 24.6. The van der Waals surface area contributed by atoms with Crippen LogP contribution in [-0.4, -0.2) is 37.1 Å². The molecule has 5 heteroatoms. The molecule has 1 fully saturated rings. The number of hydrogen-bond donors (Lipinski definition) is 2.